The molecule has 0 saturated heterocycles. The van der Waals surface area contributed by atoms with E-state index in [1.165, 1.54) is 23.9 Å². The maximum Gasteiger partial charge on any atom is 0.234 e. The highest BCUT2D eigenvalue weighted by atomic mass is 32.2. The SMILES string of the molecule is CCn1c2ccccc2c2nnc(SCC(=O)Nc3cc(F)ccc3C)nc21. The molecule has 1 N–H and O–H groups in total. The number of halogens is 1. The molecule has 0 saturated carbocycles. The molecule has 6 nitrogen and oxygen atoms in total. The molecule has 0 radical (unpaired) electrons. The first-order valence-corrected chi connectivity index (χ1v) is 9.86. The molecule has 1 amide bonds. The molecule has 2 aromatic heterocycles. The monoisotopic (exact) mass is 395 g/mol. The van der Waals surface area contributed by atoms with Crippen LogP contribution in [0.1, 0.15) is 12.5 Å². The second-order valence-corrected chi connectivity index (χ2v) is 7.27. The topological polar surface area (TPSA) is 72.7 Å². The molecule has 0 spiro atoms. The summed E-state index contributed by atoms with van der Waals surface area (Å²) in [6.45, 7) is 4.62. The molecule has 2 aromatic carbocycles. The van der Waals surface area contributed by atoms with E-state index in [9.17, 15) is 9.18 Å². The number of thioether (sulfide) groups is 1. The summed E-state index contributed by atoms with van der Waals surface area (Å²) in [6.07, 6.45) is 0. The first kappa shape index (κ1) is 18.4. The molecule has 4 rings (SSSR count). The molecule has 2 heterocycles. The summed E-state index contributed by atoms with van der Waals surface area (Å²) in [4.78, 5) is 16.8. The lowest BCUT2D eigenvalue weighted by Gasteiger charge is -2.08. The highest BCUT2D eigenvalue weighted by Crippen LogP contribution is 2.27. The minimum atomic E-state index is -0.390. The number of fused-ring (bicyclic) bond motifs is 3. The summed E-state index contributed by atoms with van der Waals surface area (Å²) < 4.78 is 15.5. The fourth-order valence-corrected chi connectivity index (χ4v) is 3.70. The van der Waals surface area contributed by atoms with Gasteiger partial charge in [-0.25, -0.2) is 9.37 Å². The van der Waals surface area contributed by atoms with Gasteiger partial charge in [0, 0.05) is 17.6 Å². The second-order valence-electron chi connectivity index (χ2n) is 6.32. The number of benzene rings is 2. The van der Waals surface area contributed by atoms with Crippen molar-refractivity contribution in [2.24, 2.45) is 0 Å². The number of rotatable bonds is 5. The minimum absolute atomic E-state index is 0.107. The van der Waals surface area contributed by atoms with Crippen LogP contribution in [0.3, 0.4) is 0 Å². The van der Waals surface area contributed by atoms with Gasteiger partial charge in [0.25, 0.3) is 0 Å². The third-order valence-corrected chi connectivity index (χ3v) is 5.31. The van der Waals surface area contributed by atoms with Gasteiger partial charge in [-0.3, -0.25) is 4.79 Å². The Hall–Kier alpha value is -3.00. The Bertz CT molecular complexity index is 1190. The largest absolute Gasteiger partial charge is 0.325 e. The van der Waals surface area contributed by atoms with E-state index in [-0.39, 0.29) is 17.5 Å². The first-order chi connectivity index (χ1) is 13.6. The van der Waals surface area contributed by atoms with Gasteiger partial charge in [-0.1, -0.05) is 36.0 Å². The zero-order valence-electron chi connectivity index (χ0n) is 15.4. The normalized spacial score (nSPS) is 11.2. The molecule has 8 heteroatoms. The molecular formula is C20H18FN5OS. The lowest BCUT2D eigenvalue weighted by atomic mass is 10.2. The van der Waals surface area contributed by atoms with Crippen LogP contribution in [0.25, 0.3) is 22.1 Å². The van der Waals surface area contributed by atoms with Crippen molar-refractivity contribution in [2.75, 3.05) is 11.1 Å². The van der Waals surface area contributed by atoms with Crippen LogP contribution in [0.2, 0.25) is 0 Å². The number of hydrogen-bond donors (Lipinski definition) is 1. The highest BCUT2D eigenvalue weighted by Gasteiger charge is 2.14. The van der Waals surface area contributed by atoms with Crippen molar-refractivity contribution in [3.63, 3.8) is 0 Å². The molecule has 28 heavy (non-hydrogen) atoms. The van der Waals surface area contributed by atoms with Crippen LogP contribution >= 0.6 is 11.8 Å². The van der Waals surface area contributed by atoms with E-state index in [2.05, 4.69) is 32.0 Å². The predicted octanol–water partition coefficient (Wildman–Crippen LogP) is 4.18. The zero-order chi connectivity index (χ0) is 19.7. The third-order valence-electron chi connectivity index (χ3n) is 4.48. The van der Waals surface area contributed by atoms with E-state index in [0.717, 1.165) is 34.2 Å². The number of nitrogens with one attached hydrogen (secondary N) is 1. The summed E-state index contributed by atoms with van der Waals surface area (Å²) >= 11 is 1.20. The molecule has 0 bridgehead atoms. The molecule has 142 valence electrons. The first-order valence-electron chi connectivity index (χ1n) is 8.87. The average Bonchev–Trinajstić information content (AvgIpc) is 3.02. The number of carbonyl (C=O) groups excluding carboxylic acids is 1. The minimum Gasteiger partial charge on any atom is -0.325 e. The van der Waals surface area contributed by atoms with E-state index in [4.69, 9.17) is 0 Å². The van der Waals surface area contributed by atoms with E-state index in [0.29, 0.717) is 10.8 Å². The Morgan fingerprint density at radius 3 is 2.86 bits per heavy atom. The number of carbonyl (C=O) groups is 1. The summed E-state index contributed by atoms with van der Waals surface area (Å²) in [5, 5.41) is 12.7. The maximum atomic E-state index is 13.4. The number of hydrogen-bond acceptors (Lipinski definition) is 5. The second kappa shape index (κ2) is 7.55. The van der Waals surface area contributed by atoms with Crippen LogP contribution in [0.5, 0.6) is 0 Å². The van der Waals surface area contributed by atoms with Crippen LogP contribution in [-0.4, -0.2) is 31.4 Å². The van der Waals surface area contributed by atoms with Crippen molar-refractivity contribution in [1.82, 2.24) is 19.7 Å². The van der Waals surface area contributed by atoms with Crippen LogP contribution in [0, 0.1) is 12.7 Å². The van der Waals surface area contributed by atoms with Crippen molar-refractivity contribution < 1.29 is 9.18 Å². The van der Waals surface area contributed by atoms with Gasteiger partial charge in [-0.15, -0.1) is 10.2 Å². The molecular weight excluding hydrogens is 377 g/mol. The fraction of sp³-hybridized carbons (Fsp3) is 0.200. The van der Waals surface area contributed by atoms with Gasteiger partial charge in [-0.05, 0) is 37.6 Å². The Labute approximate surface area is 165 Å². The van der Waals surface area contributed by atoms with E-state index in [1.807, 2.05) is 31.2 Å². The van der Waals surface area contributed by atoms with Gasteiger partial charge < -0.3 is 9.88 Å². The molecule has 0 fully saturated rings. The fourth-order valence-electron chi connectivity index (χ4n) is 3.12. The predicted molar refractivity (Wildman–Crippen MR) is 109 cm³/mol. The van der Waals surface area contributed by atoms with Crippen molar-refractivity contribution in [2.45, 2.75) is 25.5 Å². The quantitative estimate of drug-likeness (QED) is 0.513. The number of anilines is 1. The van der Waals surface area contributed by atoms with Gasteiger partial charge in [-0.2, -0.15) is 0 Å². The van der Waals surface area contributed by atoms with Crippen LogP contribution in [0.15, 0.2) is 47.6 Å². The van der Waals surface area contributed by atoms with Crippen molar-refractivity contribution in [1.29, 1.82) is 0 Å². The van der Waals surface area contributed by atoms with Crippen LogP contribution in [-0.2, 0) is 11.3 Å². The molecule has 0 aliphatic carbocycles. The molecule has 0 aliphatic rings. The van der Waals surface area contributed by atoms with Gasteiger partial charge in [0.2, 0.25) is 11.1 Å². The third kappa shape index (κ3) is 3.43. The summed E-state index contributed by atoms with van der Waals surface area (Å²) in [5.74, 6) is -0.535. The number of aromatic nitrogens is 4. The van der Waals surface area contributed by atoms with Gasteiger partial charge >= 0.3 is 0 Å². The zero-order valence-corrected chi connectivity index (χ0v) is 16.3. The lowest BCUT2D eigenvalue weighted by Crippen LogP contribution is -2.15. The van der Waals surface area contributed by atoms with Gasteiger partial charge in [0.1, 0.15) is 11.3 Å². The van der Waals surface area contributed by atoms with Crippen LogP contribution in [0.4, 0.5) is 10.1 Å². The van der Waals surface area contributed by atoms with Crippen molar-refractivity contribution in [3.8, 4) is 0 Å². The van der Waals surface area contributed by atoms with Gasteiger partial charge in [0.05, 0.1) is 11.3 Å². The Kier molecular flexibility index (Phi) is 4.95. The van der Waals surface area contributed by atoms with Crippen LogP contribution < -0.4 is 5.32 Å². The van der Waals surface area contributed by atoms with E-state index in [1.54, 1.807) is 6.07 Å². The molecule has 0 atom stereocenters. The Balaban J connectivity index is 1.54. The Morgan fingerprint density at radius 2 is 2.04 bits per heavy atom. The number of para-hydroxylation sites is 1. The number of aryl methyl sites for hydroxylation is 2. The average molecular weight is 395 g/mol. The Morgan fingerprint density at radius 1 is 1.21 bits per heavy atom. The highest BCUT2D eigenvalue weighted by molar-refractivity contribution is 7.99. The molecule has 4 aromatic rings. The molecule has 0 unspecified atom stereocenters. The number of amides is 1. The lowest BCUT2D eigenvalue weighted by molar-refractivity contribution is -0.113. The number of nitrogens with zero attached hydrogens (tertiary/aromatic N) is 4. The van der Waals surface area contributed by atoms with Crippen molar-refractivity contribution >= 4 is 45.4 Å². The summed E-state index contributed by atoms with van der Waals surface area (Å²) in [5.41, 5.74) is 3.82. The van der Waals surface area contributed by atoms with E-state index >= 15 is 0 Å². The summed E-state index contributed by atoms with van der Waals surface area (Å²) in [6, 6.07) is 12.3. The van der Waals surface area contributed by atoms with Gasteiger partial charge in [0.15, 0.2) is 5.65 Å². The molecule has 0 aliphatic heterocycles. The smallest absolute Gasteiger partial charge is 0.234 e. The van der Waals surface area contributed by atoms with E-state index < -0.39 is 0 Å². The standard InChI is InChI=1S/C20H18FN5OS/c1-3-26-16-7-5-4-6-14(16)18-19(26)23-20(25-24-18)28-11-17(27)22-15-10-13(21)9-8-12(15)2/h4-10H,3,11H2,1-2H3,(H,22,27). The van der Waals surface area contributed by atoms with Crippen molar-refractivity contribution in [3.05, 3.63) is 53.8 Å². The maximum absolute atomic E-state index is 13.4. The summed E-state index contributed by atoms with van der Waals surface area (Å²) in [7, 11) is 0.